The van der Waals surface area contributed by atoms with E-state index in [0.29, 0.717) is 5.56 Å². The summed E-state index contributed by atoms with van der Waals surface area (Å²) >= 11 is 0. The van der Waals surface area contributed by atoms with Crippen molar-refractivity contribution in [2.75, 3.05) is 6.54 Å². The van der Waals surface area contributed by atoms with Crippen LogP contribution >= 0.6 is 0 Å². The fourth-order valence-electron chi connectivity index (χ4n) is 1.39. The number of hydrogen-bond acceptors (Lipinski definition) is 2. The van der Waals surface area contributed by atoms with Crippen molar-refractivity contribution in [3.8, 4) is 0 Å². The van der Waals surface area contributed by atoms with E-state index in [1.165, 1.54) is 0 Å². The van der Waals surface area contributed by atoms with Crippen molar-refractivity contribution in [3.05, 3.63) is 34.9 Å². The molecule has 0 aliphatic heterocycles. The maximum absolute atomic E-state index is 11.8. The van der Waals surface area contributed by atoms with Gasteiger partial charge in [-0.25, -0.2) is 0 Å². The number of aryl methyl sites for hydroxylation is 1. The summed E-state index contributed by atoms with van der Waals surface area (Å²) < 4.78 is 0. The lowest BCUT2D eigenvalue weighted by Gasteiger charge is -2.18. The van der Waals surface area contributed by atoms with Crippen molar-refractivity contribution in [3.63, 3.8) is 0 Å². The molecule has 0 aliphatic rings. The molecule has 0 atom stereocenters. The molecule has 0 bridgehead atoms. The molecule has 1 rings (SSSR count). The highest BCUT2D eigenvalue weighted by atomic mass is 16.3. The quantitative estimate of drug-likeness (QED) is 0.817. The molecule has 88 valence electrons. The summed E-state index contributed by atoms with van der Waals surface area (Å²) in [5.41, 5.74) is 1.86. The number of amides is 1. The van der Waals surface area contributed by atoms with Crippen molar-refractivity contribution >= 4 is 5.91 Å². The Morgan fingerprint density at radius 1 is 1.38 bits per heavy atom. The number of nitrogens with one attached hydrogen (secondary N) is 1. The van der Waals surface area contributed by atoms with Crippen molar-refractivity contribution in [2.24, 2.45) is 0 Å². The maximum atomic E-state index is 11.8. The van der Waals surface area contributed by atoms with Crippen LogP contribution in [0.4, 0.5) is 0 Å². The number of hydrogen-bond donors (Lipinski definition) is 2. The van der Waals surface area contributed by atoms with Crippen LogP contribution in [0.5, 0.6) is 0 Å². The standard InChI is InChI=1S/C13H19NO2/c1-9-6-5-7-11(10(9)2)12(15)14-8-13(3,4)16/h5-7,16H,8H2,1-4H3,(H,14,15). The number of carbonyl (C=O) groups is 1. The molecule has 0 heterocycles. The predicted molar refractivity (Wildman–Crippen MR) is 64.5 cm³/mol. The van der Waals surface area contributed by atoms with E-state index in [4.69, 9.17) is 0 Å². The first-order chi connectivity index (χ1) is 7.31. The molecule has 2 N–H and O–H groups in total. The van der Waals surface area contributed by atoms with E-state index in [0.717, 1.165) is 11.1 Å². The van der Waals surface area contributed by atoms with Gasteiger partial charge < -0.3 is 10.4 Å². The molecule has 0 spiro atoms. The molecule has 0 radical (unpaired) electrons. The van der Waals surface area contributed by atoms with Gasteiger partial charge in [-0.1, -0.05) is 12.1 Å². The Morgan fingerprint density at radius 2 is 2.00 bits per heavy atom. The Morgan fingerprint density at radius 3 is 2.56 bits per heavy atom. The molecule has 3 nitrogen and oxygen atoms in total. The molecule has 0 fully saturated rings. The second-order valence-electron chi connectivity index (χ2n) is 4.74. The third kappa shape index (κ3) is 3.35. The summed E-state index contributed by atoms with van der Waals surface area (Å²) in [6, 6.07) is 5.63. The Hall–Kier alpha value is -1.35. The predicted octanol–water partition coefficient (Wildman–Crippen LogP) is 1.80. The topological polar surface area (TPSA) is 49.3 Å². The van der Waals surface area contributed by atoms with E-state index in [1.54, 1.807) is 19.9 Å². The highest BCUT2D eigenvalue weighted by Crippen LogP contribution is 2.12. The highest BCUT2D eigenvalue weighted by molar-refractivity contribution is 5.95. The van der Waals surface area contributed by atoms with Crippen LogP contribution in [0.25, 0.3) is 0 Å². The smallest absolute Gasteiger partial charge is 0.251 e. The molecule has 1 amide bonds. The lowest BCUT2D eigenvalue weighted by atomic mass is 10.0. The van der Waals surface area contributed by atoms with E-state index in [1.807, 2.05) is 26.0 Å². The lowest BCUT2D eigenvalue weighted by molar-refractivity contribution is 0.0694. The molecule has 0 unspecified atom stereocenters. The van der Waals surface area contributed by atoms with Gasteiger partial charge in [0, 0.05) is 12.1 Å². The average Bonchev–Trinajstić information content (AvgIpc) is 2.17. The van der Waals surface area contributed by atoms with Crippen molar-refractivity contribution in [1.29, 1.82) is 0 Å². The second-order valence-corrected chi connectivity index (χ2v) is 4.74. The van der Waals surface area contributed by atoms with Gasteiger partial charge in [0.05, 0.1) is 5.60 Å². The van der Waals surface area contributed by atoms with Gasteiger partial charge in [-0.05, 0) is 44.9 Å². The number of aliphatic hydroxyl groups is 1. The van der Waals surface area contributed by atoms with Gasteiger partial charge in [-0.2, -0.15) is 0 Å². The number of carbonyl (C=O) groups excluding carboxylic acids is 1. The molecule has 0 saturated carbocycles. The van der Waals surface area contributed by atoms with Gasteiger partial charge in [0.2, 0.25) is 0 Å². The van der Waals surface area contributed by atoms with Crippen molar-refractivity contribution in [1.82, 2.24) is 5.32 Å². The zero-order valence-electron chi connectivity index (χ0n) is 10.3. The van der Waals surface area contributed by atoms with Gasteiger partial charge in [0.25, 0.3) is 5.91 Å². The molecular weight excluding hydrogens is 202 g/mol. The molecule has 16 heavy (non-hydrogen) atoms. The number of rotatable bonds is 3. The van der Waals surface area contributed by atoms with Crippen LogP contribution in [0.15, 0.2) is 18.2 Å². The van der Waals surface area contributed by atoms with Crippen LogP contribution in [0.1, 0.15) is 35.3 Å². The Kier molecular flexibility index (Phi) is 3.70. The SMILES string of the molecule is Cc1cccc(C(=O)NCC(C)(C)O)c1C. The van der Waals surface area contributed by atoms with Crippen molar-refractivity contribution in [2.45, 2.75) is 33.3 Å². The fraction of sp³-hybridized carbons (Fsp3) is 0.462. The zero-order chi connectivity index (χ0) is 12.3. The summed E-state index contributed by atoms with van der Waals surface area (Å²) in [7, 11) is 0. The summed E-state index contributed by atoms with van der Waals surface area (Å²) in [5, 5.41) is 12.2. The Bertz CT molecular complexity index is 391. The monoisotopic (exact) mass is 221 g/mol. The van der Waals surface area contributed by atoms with E-state index < -0.39 is 5.60 Å². The van der Waals surface area contributed by atoms with Gasteiger partial charge in [0.15, 0.2) is 0 Å². The Labute approximate surface area is 96.5 Å². The molecule has 0 saturated heterocycles. The maximum Gasteiger partial charge on any atom is 0.251 e. The van der Waals surface area contributed by atoms with Crippen LogP contribution in [0, 0.1) is 13.8 Å². The molecule has 0 aliphatic carbocycles. The van der Waals surface area contributed by atoms with Crippen LogP contribution in [-0.2, 0) is 0 Å². The van der Waals surface area contributed by atoms with E-state index in [2.05, 4.69) is 5.32 Å². The summed E-state index contributed by atoms with van der Waals surface area (Å²) in [4.78, 5) is 11.8. The molecular formula is C13H19NO2. The van der Waals surface area contributed by atoms with Crippen molar-refractivity contribution < 1.29 is 9.90 Å². The Balaban J connectivity index is 2.78. The number of benzene rings is 1. The fourth-order valence-corrected chi connectivity index (χ4v) is 1.39. The molecule has 1 aromatic rings. The molecule has 1 aromatic carbocycles. The minimum atomic E-state index is -0.882. The van der Waals surface area contributed by atoms with Crippen LogP contribution in [-0.4, -0.2) is 23.2 Å². The molecule has 3 heteroatoms. The van der Waals surface area contributed by atoms with Gasteiger partial charge in [0.1, 0.15) is 0 Å². The normalized spacial score (nSPS) is 11.3. The first kappa shape index (κ1) is 12.7. The van der Waals surface area contributed by atoms with Crippen LogP contribution in [0.2, 0.25) is 0 Å². The lowest BCUT2D eigenvalue weighted by Crippen LogP contribution is -2.38. The van der Waals surface area contributed by atoms with Gasteiger partial charge >= 0.3 is 0 Å². The first-order valence-corrected chi connectivity index (χ1v) is 5.38. The molecule has 0 aromatic heterocycles. The minimum absolute atomic E-state index is 0.136. The summed E-state index contributed by atoms with van der Waals surface area (Å²) in [5.74, 6) is -0.136. The largest absolute Gasteiger partial charge is 0.389 e. The highest BCUT2D eigenvalue weighted by Gasteiger charge is 2.16. The van der Waals surface area contributed by atoms with Crippen LogP contribution in [0.3, 0.4) is 0 Å². The first-order valence-electron chi connectivity index (χ1n) is 5.38. The summed E-state index contributed by atoms with van der Waals surface area (Å²) in [6.45, 7) is 7.47. The second kappa shape index (κ2) is 4.66. The average molecular weight is 221 g/mol. The zero-order valence-corrected chi connectivity index (χ0v) is 10.3. The summed E-state index contributed by atoms with van der Waals surface area (Å²) in [6.07, 6.45) is 0. The van der Waals surface area contributed by atoms with E-state index in [9.17, 15) is 9.90 Å². The van der Waals surface area contributed by atoms with E-state index in [-0.39, 0.29) is 12.5 Å². The van der Waals surface area contributed by atoms with Gasteiger partial charge in [-0.3, -0.25) is 4.79 Å². The van der Waals surface area contributed by atoms with Crippen LogP contribution < -0.4 is 5.32 Å². The minimum Gasteiger partial charge on any atom is -0.389 e. The third-order valence-electron chi connectivity index (χ3n) is 2.53. The van der Waals surface area contributed by atoms with Gasteiger partial charge in [-0.15, -0.1) is 0 Å². The van der Waals surface area contributed by atoms with E-state index >= 15 is 0 Å². The third-order valence-corrected chi connectivity index (χ3v) is 2.53.